The van der Waals surface area contributed by atoms with Crippen LogP contribution in [0.25, 0.3) is 0 Å². The van der Waals surface area contributed by atoms with Gasteiger partial charge in [0.25, 0.3) is 5.91 Å². The van der Waals surface area contributed by atoms with Crippen LogP contribution in [0, 0.1) is 0 Å². The second-order valence-corrected chi connectivity index (χ2v) is 5.11. The van der Waals surface area contributed by atoms with Crippen LogP contribution in [0.5, 0.6) is 0 Å². The molecule has 6 nitrogen and oxygen atoms in total. The van der Waals surface area contributed by atoms with Gasteiger partial charge in [0.05, 0.1) is 6.26 Å². The largest absolute Gasteiger partial charge is 0.459 e. The van der Waals surface area contributed by atoms with Gasteiger partial charge in [-0.05, 0) is 49.8 Å². The number of carbonyl (C=O) groups excluding carboxylic acids is 2. The van der Waals surface area contributed by atoms with Crippen molar-refractivity contribution in [2.75, 3.05) is 18.9 Å². The van der Waals surface area contributed by atoms with Crippen LogP contribution in [-0.2, 0) is 11.3 Å². The first kappa shape index (κ1) is 16.8. The lowest BCUT2D eigenvalue weighted by molar-refractivity contribution is -0.121. The molecule has 0 aliphatic rings. The first-order valence-electron chi connectivity index (χ1n) is 7.54. The van der Waals surface area contributed by atoms with Crippen molar-refractivity contribution in [3.63, 3.8) is 0 Å². The Bertz CT molecular complexity index is 621. The van der Waals surface area contributed by atoms with Gasteiger partial charge in [0.1, 0.15) is 0 Å². The molecule has 2 aromatic rings. The highest BCUT2D eigenvalue weighted by molar-refractivity contribution is 6.02. The highest BCUT2D eigenvalue weighted by Gasteiger charge is 2.08. The van der Waals surface area contributed by atoms with E-state index >= 15 is 0 Å². The number of anilines is 1. The van der Waals surface area contributed by atoms with E-state index in [4.69, 9.17) is 4.42 Å². The molecule has 3 N–H and O–H groups in total. The predicted octanol–water partition coefficient (Wildman–Crippen LogP) is 2.15. The Labute approximate surface area is 135 Å². The van der Waals surface area contributed by atoms with Crippen molar-refractivity contribution in [1.82, 2.24) is 10.6 Å². The zero-order valence-electron chi connectivity index (χ0n) is 13.1. The molecule has 2 rings (SSSR count). The van der Waals surface area contributed by atoms with Crippen molar-refractivity contribution in [2.24, 2.45) is 0 Å². The van der Waals surface area contributed by atoms with Gasteiger partial charge in [-0.1, -0.05) is 12.1 Å². The van der Waals surface area contributed by atoms with Crippen LogP contribution >= 0.6 is 0 Å². The maximum Gasteiger partial charge on any atom is 0.291 e. The molecule has 0 aliphatic carbocycles. The third-order valence-electron chi connectivity index (χ3n) is 3.28. The van der Waals surface area contributed by atoms with Crippen LogP contribution in [0.15, 0.2) is 47.1 Å². The van der Waals surface area contributed by atoms with E-state index in [-0.39, 0.29) is 17.6 Å². The van der Waals surface area contributed by atoms with Crippen molar-refractivity contribution in [3.8, 4) is 0 Å². The lowest BCUT2D eigenvalue weighted by Gasteiger charge is -2.07. The topological polar surface area (TPSA) is 83.4 Å². The molecule has 0 fully saturated rings. The van der Waals surface area contributed by atoms with Crippen molar-refractivity contribution >= 4 is 17.5 Å². The van der Waals surface area contributed by atoms with Crippen molar-refractivity contribution in [3.05, 3.63) is 54.0 Å². The molecular weight excluding hydrogens is 294 g/mol. The summed E-state index contributed by atoms with van der Waals surface area (Å²) in [4.78, 5) is 23.5. The van der Waals surface area contributed by atoms with Crippen LogP contribution in [0.4, 0.5) is 5.69 Å². The van der Waals surface area contributed by atoms with E-state index in [9.17, 15) is 9.59 Å². The predicted molar refractivity (Wildman–Crippen MR) is 88.1 cm³/mol. The molecule has 2 amide bonds. The van der Waals surface area contributed by atoms with Crippen molar-refractivity contribution in [2.45, 2.75) is 19.4 Å². The molecule has 122 valence electrons. The number of furan rings is 1. The second kappa shape index (κ2) is 8.75. The van der Waals surface area contributed by atoms with E-state index in [1.54, 1.807) is 24.3 Å². The van der Waals surface area contributed by atoms with E-state index in [0.29, 0.717) is 18.7 Å². The van der Waals surface area contributed by atoms with Gasteiger partial charge in [0.2, 0.25) is 5.91 Å². The Balaban J connectivity index is 1.78. The van der Waals surface area contributed by atoms with E-state index < -0.39 is 0 Å². The van der Waals surface area contributed by atoms with Crippen LogP contribution in [0.3, 0.4) is 0 Å². The Morgan fingerprint density at radius 3 is 2.57 bits per heavy atom. The van der Waals surface area contributed by atoms with E-state index in [2.05, 4.69) is 16.0 Å². The molecule has 0 saturated carbocycles. The standard InChI is InChI=1S/C17H21N3O3/c1-18-10-2-5-16(21)19-12-13-6-8-14(9-7-13)20-17(22)15-4-3-11-23-15/h3-4,6-9,11,18H,2,5,10,12H2,1H3,(H,19,21)(H,20,22). The summed E-state index contributed by atoms with van der Waals surface area (Å²) < 4.78 is 5.03. The fraction of sp³-hybridized carbons (Fsp3) is 0.294. The second-order valence-electron chi connectivity index (χ2n) is 5.11. The molecule has 0 radical (unpaired) electrons. The van der Waals surface area contributed by atoms with Crippen molar-refractivity contribution < 1.29 is 14.0 Å². The van der Waals surface area contributed by atoms with Gasteiger partial charge < -0.3 is 20.4 Å². The normalized spacial score (nSPS) is 10.3. The molecule has 6 heteroatoms. The minimum atomic E-state index is -0.291. The number of carbonyl (C=O) groups is 2. The minimum absolute atomic E-state index is 0.0375. The molecule has 0 aliphatic heterocycles. The van der Waals surface area contributed by atoms with Crippen LogP contribution in [-0.4, -0.2) is 25.4 Å². The summed E-state index contributed by atoms with van der Waals surface area (Å²) in [5.74, 6) is 0.0129. The molecule has 1 aromatic carbocycles. The number of hydrogen-bond acceptors (Lipinski definition) is 4. The fourth-order valence-corrected chi connectivity index (χ4v) is 2.02. The maximum absolute atomic E-state index is 11.8. The number of rotatable bonds is 8. The van der Waals surface area contributed by atoms with Gasteiger partial charge in [-0.25, -0.2) is 0 Å². The number of nitrogens with one attached hydrogen (secondary N) is 3. The van der Waals surface area contributed by atoms with Crippen molar-refractivity contribution in [1.29, 1.82) is 0 Å². The van der Waals surface area contributed by atoms with Crippen LogP contribution < -0.4 is 16.0 Å². The smallest absolute Gasteiger partial charge is 0.291 e. The quantitative estimate of drug-likeness (QED) is 0.652. The third-order valence-corrected chi connectivity index (χ3v) is 3.28. The number of hydrogen-bond donors (Lipinski definition) is 3. The molecule has 0 spiro atoms. The first-order chi connectivity index (χ1) is 11.2. The Kier molecular flexibility index (Phi) is 6.38. The van der Waals surface area contributed by atoms with E-state index in [0.717, 1.165) is 18.5 Å². The van der Waals surface area contributed by atoms with E-state index in [1.165, 1.54) is 6.26 Å². The summed E-state index contributed by atoms with van der Waals surface area (Å²) >= 11 is 0. The molecule has 0 unspecified atom stereocenters. The summed E-state index contributed by atoms with van der Waals surface area (Å²) in [7, 11) is 1.87. The zero-order valence-corrected chi connectivity index (χ0v) is 13.1. The molecule has 0 bridgehead atoms. The Hall–Kier alpha value is -2.60. The summed E-state index contributed by atoms with van der Waals surface area (Å²) in [6, 6.07) is 10.6. The van der Waals surface area contributed by atoms with Crippen LogP contribution in [0.1, 0.15) is 29.0 Å². The first-order valence-corrected chi connectivity index (χ1v) is 7.54. The highest BCUT2D eigenvalue weighted by Crippen LogP contribution is 2.11. The SMILES string of the molecule is CNCCCC(=O)NCc1ccc(NC(=O)c2ccco2)cc1. The monoisotopic (exact) mass is 315 g/mol. The Morgan fingerprint density at radius 2 is 1.91 bits per heavy atom. The lowest BCUT2D eigenvalue weighted by Crippen LogP contribution is -2.23. The summed E-state index contributed by atoms with van der Waals surface area (Å²) in [6.07, 6.45) is 2.79. The summed E-state index contributed by atoms with van der Waals surface area (Å²) in [6.45, 7) is 1.31. The molecule has 23 heavy (non-hydrogen) atoms. The summed E-state index contributed by atoms with van der Waals surface area (Å²) in [5, 5.41) is 8.62. The lowest BCUT2D eigenvalue weighted by atomic mass is 10.2. The average molecular weight is 315 g/mol. The minimum Gasteiger partial charge on any atom is -0.459 e. The van der Waals surface area contributed by atoms with Gasteiger partial charge in [-0.15, -0.1) is 0 Å². The van der Waals surface area contributed by atoms with E-state index in [1.807, 2.05) is 19.2 Å². The molecule has 0 saturated heterocycles. The molecule has 0 atom stereocenters. The van der Waals surface area contributed by atoms with Gasteiger partial charge in [0.15, 0.2) is 5.76 Å². The molecular formula is C17H21N3O3. The van der Waals surface area contributed by atoms with Crippen LogP contribution in [0.2, 0.25) is 0 Å². The highest BCUT2D eigenvalue weighted by atomic mass is 16.3. The maximum atomic E-state index is 11.8. The fourth-order valence-electron chi connectivity index (χ4n) is 2.02. The van der Waals surface area contributed by atoms with Gasteiger partial charge >= 0.3 is 0 Å². The Morgan fingerprint density at radius 1 is 1.13 bits per heavy atom. The number of amides is 2. The van der Waals surface area contributed by atoms with Gasteiger partial charge in [0, 0.05) is 18.7 Å². The molecule has 1 aromatic heterocycles. The van der Waals surface area contributed by atoms with Gasteiger partial charge in [-0.2, -0.15) is 0 Å². The van der Waals surface area contributed by atoms with Gasteiger partial charge in [-0.3, -0.25) is 9.59 Å². The third kappa shape index (κ3) is 5.60. The number of benzene rings is 1. The average Bonchev–Trinajstić information content (AvgIpc) is 3.09. The summed E-state index contributed by atoms with van der Waals surface area (Å²) in [5.41, 5.74) is 1.65. The zero-order chi connectivity index (χ0) is 16.5. The molecule has 1 heterocycles.